The molecule has 4 nitrogen and oxygen atoms in total. The lowest BCUT2D eigenvalue weighted by Gasteiger charge is -2.30. The summed E-state index contributed by atoms with van der Waals surface area (Å²) in [6.45, 7) is 0. The molecule has 0 spiro atoms. The maximum absolute atomic E-state index is 12.9. The Morgan fingerprint density at radius 3 is 2.54 bits per heavy atom. The lowest BCUT2D eigenvalue weighted by atomic mass is 9.79. The predicted molar refractivity (Wildman–Crippen MR) is 88.5 cm³/mol. The SMILES string of the molecule is CNc1nc(C2CCC(C(F)(F)F)CC2)c(-c2cccs2)c(=O)[nH]1. The van der Waals surface area contributed by atoms with Gasteiger partial charge in [0, 0.05) is 17.8 Å². The molecule has 0 unspecified atom stereocenters. The molecule has 0 bridgehead atoms. The van der Waals surface area contributed by atoms with Crippen molar-refractivity contribution in [3.8, 4) is 10.4 Å². The first kappa shape index (κ1) is 17.0. The van der Waals surface area contributed by atoms with Crippen LogP contribution < -0.4 is 10.9 Å². The Balaban J connectivity index is 1.96. The molecule has 1 aliphatic carbocycles. The van der Waals surface area contributed by atoms with Crippen LogP contribution in [-0.4, -0.2) is 23.2 Å². The molecular formula is C16H18F3N3OS. The summed E-state index contributed by atoms with van der Waals surface area (Å²) in [7, 11) is 1.65. The fourth-order valence-electron chi connectivity index (χ4n) is 3.26. The Hall–Kier alpha value is -1.83. The molecule has 1 aliphatic rings. The molecule has 0 aromatic carbocycles. The molecule has 0 amide bonds. The van der Waals surface area contributed by atoms with Crippen molar-refractivity contribution in [2.24, 2.45) is 5.92 Å². The second-order valence-electron chi connectivity index (χ2n) is 5.99. The molecule has 2 N–H and O–H groups in total. The quantitative estimate of drug-likeness (QED) is 0.857. The van der Waals surface area contributed by atoms with Gasteiger partial charge in [0.1, 0.15) is 0 Å². The highest BCUT2D eigenvalue weighted by Gasteiger charge is 2.42. The summed E-state index contributed by atoms with van der Waals surface area (Å²) >= 11 is 1.43. The molecule has 8 heteroatoms. The van der Waals surface area contributed by atoms with E-state index >= 15 is 0 Å². The van der Waals surface area contributed by atoms with Gasteiger partial charge in [-0.05, 0) is 37.1 Å². The van der Waals surface area contributed by atoms with Gasteiger partial charge in [0.05, 0.1) is 17.2 Å². The van der Waals surface area contributed by atoms with Gasteiger partial charge in [-0.25, -0.2) is 4.98 Å². The number of hydrogen-bond donors (Lipinski definition) is 2. The first-order valence-electron chi connectivity index (χ1n) is 7.82. The molecule has 1 fully saturated rings. The van der Waals surface area contributed by atoms with E-state index < -0.39 is 12.1 Å². The zero-order valence-corrected chi connectivity index (χ0v) is 13.9. The molecule has 1 saturated carbocycles. The van der Waals surface area contributed by atoms with Crippen molar-refractivity contribution in [1.29, 1.82) is 0 Å². The fourth-order valence-corrected chi connectivity index (χ4v) is 4.03. The van der Waals surface area contributed by atoms with Gasteiger partial charge in [-0.1, -0.05) is 6.07 Å². The highest BCUT2D eigenvalue weighted by Crippen LogP contribution is 2.44. The molecule has 3 rings (SSSR count). The van der Waals surface area contributed by atoms with Crippen molar-refractivity contribution < 1.29 is 13.2 Å². The summed E-state index contributed by atoms with van der Waals surface area (Å²) in [5.41, 5.74) is 0.829. The van der Waals surface area contributed by atoms with Crippen LogP contribution in [-0.2, 0) is 0 Å². The summed E-state index contributed by atoms with van der Waals surface area (Å²) in [5.74, 6) is -1.03. The van der Waals surface area contributed by atoms with Crippen LogP contribution in [0.25, 0.3) is 10.4 Å². The molecule has 0 atom stereocenters. The normalized spacial score (nSPS) is 21.7. The topological polar surface area (TPSA) is 57.8 Å². The highest BCUT2D eigenvalue weighted by molar-refractivity contribution is 7.13. The molecular weight excluding hydrogens is 339 g/mol. The van der Waals surface area contributed by atoms with Gasteiger partial charge >= 0.3 is 6.18 Å². The van der Waals surface area contributed by atoms with E-state index in [1.54, 1.807) is 7.05 Å². The van der Waals surface area contributed by atoms with Crippen molar-refractivity contribution in [3.05, 3.63) is 33.6 Å². The van der Waals surface area contributed by atoms with Crippen LogP contribution in [0.5, 0.6) is 0 Å². The van der Waals surface area contributed by atoms with E-state index in [-0.39, 0.29) is 24.3 Å². The predicted octanol–water partition coefficient (Wildman–Crippen LogP) is 4.38. The summed E-state index contributed by atoms with van der Waals surface area (Å²) in [6.07, 6.45) is -3.19. The number of alkyl halides is 3. The van der Waals surface area contributed by atoms with Crippen molar-refractivity contribution in [2.75, 3.05) is 12.4 Å². The molecule has 2 aromatic rings. The molecule has 130 valence electrons. The third kappa shape index (κ3) is 3.33. The van der Waals surface area contributed by atoms with Crippen molar-refractivity contribution in [1.82, 2.24) is 9.97 Å². The Morgan fingerprint density at radius 1 is 1.29 bits per heavy atom. The zero-order valence-electron chi connectivity index (χ0n) is 13.1. The molecule has 0 radical (unpaired) electrons. The lowest BCUT2D eigenvalue weighted by molar-refractivity contribution is -0.182. The largest absolute Gasteiger partial charge is 0.391 e. The zero-order chi connectivity index (χ0) is 17.3. The Morgan fingerprint density at radius 2 is 2.00 bits per heavy atom. The number of hydrogen-bond acceptors (Lipinski definition) is 4. The van der Waals surface area contributed by atoms with Crippen LogP contribution in [0.15, 0.2) is 22.3 Å². The van der Waals surface area contributed by atoms with Gasteiger partial charge in [0.2, 0.25) is 5.95 Å². The first-order chi connectivity index (χ1) is 11.4. The number of thiophene rings is 1. The molecule has 2 aromatic heterocycles. The summed E-state index contributed by atoms with van der Waals surface area (Å²) in [4.78, 5) is 20.4. The first-order valence-corrected chi connectivity index (χ1v) is 8.70. The summed E-state index contributed by atoms with van der Waals surface area (Å²) in [6, 6.07) is 3.68. The van der Waals surface area contributed by atoms with Gasteiger partial charge in [0.25, 0.3) is 5.56 Å². The van der Waals surface area contributed by atoms with Gasteiger partial charge < -0.3 is 5.32 Å². The number of nitrogens with zero attached hydrogens (tertiary/aromatic N) is 1. The second kappa shape index (κ2) is 6.58. The number of nitrogens with one attached hydrogen (secondary N) is 2. The average Bonchev–Trinajstić information content (AvgIpc) is 3.07. The number of H-pyrrole nitrogens is 1. The third-order valence-electron chi connectivity index (χ3n) is 4.53. The van der Waals surface area contributed by atoms with Crippen LogP contribution in [0.2, 0.25) is 0 Å². The van der Waals surface area contributed by atoms with E-state index in [1.807, 2.05) is 17.5 Å². The summed E-state index contributed by atoms with van der Waals surface area (Å²) < 4.78 is 38.6. The minimum absolute atomic E-state index is 0.0847. The number of aromatic amines is 1. The number of anilines is 1. The van der Waals surface area contributed by atoms with Crippen molar-refractivity contribution in [3.63, 3.8) is 0 Å². The average molecular weight is 357 g/mol. The van der Waals surface area contributed by atoms with E-state index in [2.05, 4.69) is 15.3 Å². The molecule has 0 saturated heterocycles. The van der Waals surface area contributed by atoms with Gasteiger partial charge in [0.15, 0.2) is 0 Å². The van der Waals surface area contributed by atoms with Crippen LogP contribution in [0.1, 0.15) is 37.3 Å². The Bertz CT molecular complexity index is 747. The van der Waals surface area contributed by atoms with E-state index in [4.69, 9.17) is 0 Å². The van der Waals surface area contributed by atoms with Crippen LogP contribution in [0.4, 0.5) is 19.1 Å². The molecule has 2 heterocycles. The lowest BCUT2D eigenvalue weighted by Crippen LogP contribution is -2.28. The van der Waals surface area contributed by atoms with E-state index in [1.165, 1.54) is 11.3 Å². The molecule has 24 heavy (non-hydrogen) atoms. The van der Waals surface area contributed by atoms with Crippen molar-refractivity contribution in [2.45, 2.75) is 37.8 Å². The van der Waals surface area contributed by atoms with Gasteiger partial charge in [-0.3, -0.25) is 9.78 Å². The van der Waals surface area contributed by atoms with Crippen molar-refractivity contribution >= 4 is 17.3 Å². The smallest absolute Gasteiger partial charge is 0.359 e. The van der Waals surface area contributed by atoms with E-state index in [9.17, 15) is 18.0 Å². The minimum Gasteiger partial charge on any atom is -0.359 e. The third-order valence-corrected chi connectivity index (χ3v) is 5.42. The van der Waals surface area contributed by atoms with Crippen LogP contribution >= 0.6 is 11.3 Å². The van der Waals surface area contributed by atoms with Crippen LogP contribution in [0.3, 0.4) is 0 Å². The van der Waals surface area contributed by atoms with E-state index in [0.717, 1.165) is 4.88 Å². The second-order valence-corrected chi connectivity index (χ2v) is 6.94. The maximum Gasteiger partial charge on any atom is 0.391 e. The summed E-state index contributed by atoms with van der Waals surface area (Å²) in [5, 5.41) is 4.68. The van der Waals surface area contributed by atoms with Gasteiger partial charge in [-0.15, -0.1) is 11.3 Å². The maximum atomic E-state index is 12.9. The molecule has 0 aliphatic heterocycles. The number of halogens is 3. The van der Waals surface area contributed by atoms with E-state index in [0.29, 0.717) is 30.0 Å². The Kier molecular flexibility index (Phi) is 4.67. The fraction of sp³-hybridized carbons (Fsp3) is 0.500. The monoisotopic (exact) mass is 357 g/mol. The van der Waals surface area contributed by atoms with Crippen LogP contribution in [0, 0.1) is 5.92 Å². The number of rotatable bonds is 3. The number of aromatic nitrogens is 2. The minimum atomic E-state index is -4.14. The highest BCUT2D eigenvalue weighted by atomic mass is 32.1. The Labute approximate surface area is 141 Å². The standard InChI is InChI=1S/C16H18F3N3OS/c1-20-15-21-13(9-4-6-10(7-5-9)16(17,18)19)12(14(23)22-15)11-3-2-8-24-11/h2-3,8-10H,4-7H2,1H3,(H2,20,21,22,23). The van der Waals surface area contributed by atoms with Gasteiger partial charge in [-0.2, -0.15) is 13.2 Å².